The molecular weight excluding hydrogens is 219 g/mol. The van der Waals surface area contributed by atoms with Crippen molar-refractivity contribution in [3.63, 3.8) is 0 Å². The van der Waals surface area contributed by atoms with Gasteiger partial charge >= 0.3 is 5.97 Å². The molecule has 0 aromatic carbocycles. The summed E-state index contributed by atoms with van der Waals surface area (Å²) in [5, 5.41) is 8.33. The van der Waals surface area contributed by atoms with Gasteiger partial charge in [-0.25, -0.2) is 0 Å². The molecule has 0 aromatic heterocycles. The van der Waals surface area contributed by atoms with E-state index in [1.807, 2.05) is 0 Å². The van der Waals surface area contributed by atoms with Gasteiger partial charge in [0.05, 0.1) is 11.9 Å². The van der Waals surface area contributed by atoms with E-state index in [0.717, 1.165) is 12.8 Å². The molecule has 0 aromatic rings. The molecule has 0 aliphatic carbocycles. The molecule has 6 N–H and O–H groups in total. The van der Waals surface area contributed by atoms with Gasteiger partial charge in [-0.15, -0.1) is 12.4 Å². The van der Waals surface area contributed by atoms with Crippen LogP contribution in [0.15, 0.2) is 0 Å². The smallest absolute Gasteiger partial charge is 0.320 e. The number of halogens is 2. The van der Waals surface area contributed by atoms with Crippen molar-refractivity contribution in [2.24, 2.45) is 11.5 Å². The Morgan fingerprint density at radius 1 is 1.38 bits per heavy atom. The normalized spacial score (nSPS) is 10.5. The van der Waals surface area contributed by atoms with E-state index < -0.39 is 12.0 Å². The van der Waals surface area contributed by atoms with Crippen molar-refractivity contribution in [1.29, 1.82) is 0 Å². The number of carboxylic acid groups (broad SMARTS) is 1. The number of carboxylic acids is 1. The van der Waals surface area contributed by atoms with Gasteiger partial charge in [0.15, 0.2) is 0 Å². The molecule has 0 spiro atoms. The van der Waals surface area contributed by atoms with Gasteiger partial charge in [0.25, 0.3) is 0 Å². The zero-order valence-corrected chi connectivity index (χ0v) is 8.72. The molecule has 0 radical (unpaired) electrons. The van der Waals surface area contributed by atoms with Crippen LogP contribution in [0, 0.1) is 0 Å². The molecule has 0 rings (SSSR count). The molecule has 7 heteroatoms. The third-order valence-electron chi connectivity index (χ3n) is 1.29. The van der Waals surface area contributed by atoms with Gasteiger partial charge in [-0.1, -0.05) is 6.42 Å². The Balaban J connectivity index is -0.000000309. The molecular formula is C6H16Cl2N2O3. The van der Waals surface area contributed by atoms with Crippen molar-refractivity contribution in [2.75, 3.05) is 6.54 Å². The van der Waals surface area contributed by atoms with E-state index in [1.165, 1.54) is 0 Å². The first-order valence-corrected chi connectivity index (χ1v) is 3.87. The predicted molar refractivity (Wildman–Crippen MR) is 53.8 cm³/mol. The maximum atomic E-state index is 10.1. The first kappa shape index (κ1) is 18.7. The summed E-state index contributed by atoms with van der Waals surface area (Å²) in [4.78, 5) is 10.1. The summed E-state index contributed by atoms with van der Waals surface area (Å²) in [7, 11) is 0. The molecule has 0 amide bonds. The molecule has 0 bridgehead atoms. The Morgan fingerprint density at radius 3 is 2.15 bits per heavy atom. The van der Waals surface area contributed by atoms with E-state index in [-0.39, 0.29) is 12.4 Å². The van der Waals surface area contributed by atoms with Crippen LogP contribution in [0.4, 0.5) is 0 Å². The van der Waals surface area contributed by atoms with Gasteiger partial charge in [-0.3, -0.25) is 9.45 Å². The fourth-order valence-electron chi connectivity index (χ4n) is 0.632. The van der Waals surface area contributed by atoms with Crippen molar-refractivity contribution < 1.29 is 14.6 Å². The van der Waals surface area contributed by atoms with Crippen LogP contribution < -0.4 is 11.5 Å². The topological polar surface area (TPSA) is 110 Å². The monoisotopic (exact) mass is 234 g/mol. The van der Waals surface area contributed by atoms with Crippen LogP contribution in [0.2, 0.25) is 0 Å². The number of hydrogen-bond donors (Lipinski definition) is 4. The van der Waals surface area contributed by atoms with Crippen molar-refractivity contribution in [1.82, 2.24) is 0 Å². The Labute approximate surface area is 88.6 Å². The largest absolute Gasteiger partial charge is 0.480 e. The summed E-state index contributed by atoms with van der Waals surface area (Å²) in [6.07, 6.45) is 2.16. The second kappa shape index (κ2) is 14.5. The summed E-state index contributed by atoms with van der Waals surface area (Å²) >= 11 is 3.64. The molecule has 0 unspecified atom stereocenters. The quantitative estimate of drug-likeness (QED) is 0.504. The van der Waals surface area contributed by atoms with Crippen LogP contribution in [-0.2, 0) is 4.79 Å². The summed E-state index contributed by atoms with van der Waals surface area (Å²) in [6, 6.07) is -0.716. The van der Waals surface area contributed by atoms with Crippen molar-refractivity contribution in [3.8, 4) is 0 Å². The van der Waals surface area contributed by atoms with E-state index in [4.69, 9.17) is 21.2 Å². The highest BCUT2D eigenvalue weighted by atomic mass is 35.5. The maximum absolute atomic E-state index is 10.1. The van der Waals surface area contributed by atoms with Crippen molar-refractivity contribution in [2.45, 2.75) is 25.3 Å². The van der Waals surface area contributed by atoms with Crippen LogP contribution in [-0.4, -0.2) is 28.3 Å². The highest BCUT2D eigenvalue weighted by Gasteiger charge is 2.09. The highest BCUT2D eigenvalue weighted by molar-refractivity contribution is 6.04. The lowest BCUT2D eigenvalue weighted by Gasteiger charge is -2.03. The minimum Gasteiger partial charge on any atom is -0.480 e. The Bertz CT molecular complexity index is 116. The number of aliphatic carboxylic acids is 1. The fraction of sp³-hybridized carbons (Fsp3) is 0.833. The van der Waals surface area contributed by atoms with E-state index >= 15 is 0 Å². The average Bonchev–Trinajstić information content (AvgIpc) is 2.08. The number of unbranched alkanes of at least 4 members (excludes halogenated alkanes) is 1. The second-order valence-electron chi connectivity index (χ2n) is 2.23. The standard InChI is InChI=1S/C6H14N2O2.ClHO.ClH/c7-4-2-1-3-5(8)6(9)10;1-2;/h5H,1-4,7-8H2,(H,9,10);2H;1H/t5-;;/m0../s1. The lowest BCUT2D eigenvalue weighted by atomic mass is 10.1. The van der Waals surface area contributed by atoms with E-state index in [0.29, 0.717) is 13.0 Å². The molecule has 13 heavy (non-hydrogen) atoms. The summed E-state index contributed by atoms with van der Waals surface area (Å²) in [5.41, 5.74) is 10.4. The molecule has 0 aliphatic rings. The molecule has 1 atom stereocenters. The summed E-state index contributed by atoms with van der Waals surface area (Å²) < 4.78 is 6.47. The fourth-order valence-corrected chi connectivity index (χ4v) is 0.632. The minimum atomic E-state index is -0.933. The Morgan fingerprint density at radius 2 is 1.85 bits per heavy atom. The van der Waals surface area contributed by atoms with E-state index in [9.17, 15) is 4.79 Å². The Kier molecular flexibility index (Phi) is 20.8. The van der Waals surface area contributed by atoms with Crippen molar-refractivity contribution in [3.05, 3.63) is 0 Å². The molecule has 0 saturated carbocycles. The van der Waals surface area contributed by atoms with Gasteiger partial charge in [0.2, 0.25) is 0 Å². The Hall–Kier alpha value is -0.0700. The van der Waals surface area contributed by atoms with E-state index in [1.54, 1.807) is 0 Å². The van der Waals surface area contributed by atoms with Crippen LogP contribution in [0.1, 0.15) is 19.3 Å². The molecule has 0 aliphatic heterocycles. The number of nitrogens with two attached hydrogens (primary N) is 2. The lowest BCUT2D eigenvalue weighted by Crippen LogP contribution is -2.29. The zero-order valence-electron chi connectivity index (χ0n) is 7.15. The summed E-state index contributed by atoms with van der Waals surface area (Å²) in [6.45, 7) is 0.604. The van der Waals surface area contributed by atoms with Crippen LogP contribution >= 0.6 is 24.3 Å². The zero-order chi connectivity index (χ0) is 9.98. The third kappa shape index (κ3) is 14.8. The van der Waals surface area contributed by atoms with Gasteiger partial charge < -0.3 is 16.6 Å². The predicted octanol–water partition coefficient (Wildman–Crippen LogP) is 0.0816. The molecule has 0 fully saturated rings. The molecule has 82 valence electrons. The van der Waals surface area contributed by atoms with E-state index in [2.05, 4.69) is 11.9 Å². The third-order valence-corrected chi connectivity index (χ3v) is 1.29. The van der Waals surface area contributed by atoms with Gasteiger partial charge in [0, 0.05) is 0 Å². The van der Waals surface area contributed by atoms with Crippen molar-refractivity contribution >= 4 is 30.2 Å². The summed E-state index contributed by atoms with van der Waals surface area (Å²) in [5.74, 6) is -0.933. The van der Waals surface area contributed by atoms with Gasteiger partial charge in [-0.05, 0) is 19.4 Å². The highest BCUT2D eigenvalue weighted by Crippen LogP contribution is 1.96. The van der Waals surface area contributed by atoms with Crippen LogP contribution in [0.5, 0.6) is 0 Å². The number of carbonyl (C=O) groups is 1. The molecule has 0 heterocycles. The molecule has 5 nitrogen and oxygen atoms in total. The maximum Gasteiger partial charge on any atom is 0.320 e. The first-order valence-electron chi connectivity index (χ1n) is 3.54. The first-order chi connectivity index (χ1) is 5.68. The second-order valence-corrected chi connectivity index (χ2v) is 2.23. The number of rotatable bonds is 5. The van der Waals surface area contributed by atoms with Crippen LogP contribution in [0.25, 0.3) is 0 Å². The van der Waals surface area contributed by atoms with Crippen LogP contribution in [0.3, 0.4) is 0 Å². The average molecular weight is 235 g/mol. The lowest BCUT2D eigenvalue weighted by molar-refractivity contribution is -0.138. The molecule has 0 saturated heterocycles. The SMILES string of the molecule is Cl.NCCCC[C@H](N)C(=O)O.OCl. The van der Waals surface area contributed by atoms with Gasteiger partial charge in [-0.2, -0.15) is 0 Å². The van der Waals surface area contributed by atoms with Gasteiger partial charge in [0.1, 0.15) is 6.04 Å². The number of hydrogen-bond acceptors (Lipinski definition) is 4. The minimum absolute atomic E-state index is 0.